The number of hydrogen-bond donors (Lipinski definition) is 1. The Morgan fingerprint density at radius 3 is 2.17 bits per heavy atom. The molecule has 0 aromatic rings. The van der Waals surface area contributed by atoms with Crippen molar-refractivity contribution >= 4 is 10.1 Å². The molecule has 0 radical (unpaired) electrons. The summed E-state index contributed by atoms with van der Waals surface area (Å²) >= 11 is 0. The van der Waals surface area contributed by atoms with E-state index < -0.39 is 10.1 Å². The minimum Gasteiger partial charge on any atom is -0.282 e. The lowest BCUT2D eigenvalue weighted by molar-refractivity contribution is 0.492. The van der Waals surface area contributed by atoms with Crippen LogP contribution in [0.2, 0.25) is 0 Å². The molecule has 0 aliphatic rings. The molecule has 4 heteroatoms. The Hall–Kier alpha value is -0.870. The molecule has 0 fully saturated rings. The van der Waals surface area contributed by atoms with Gasteiger partial charge in [-0.15, -0.1) is 0 Å². The van der Waals surface area contributed by atoms with E-state index in [0.29, 0.717) is 0 Å². The Morgan fingerprint density at radius 1 is 1.42 bits per heavy atom. The first-order valence-corrected chi connectivity index (χ1v) is 4.79. The van der Waals surface area contributed by atoms with Gasteiger partial charge in [-0.25, -0.2) is 0 Å². The molecule has 0 aliphatic heterocycles. The molecule has 12 heavy (non-hydrogen) atoms. The minimum absolute atomic E-state index is 0.120. The number of rotatable bonds is 3. The lowest BCUT2D eigenvalue weighted by Gasteiger charge is -1.94. The zero-order chi connectivity index (χ0) is 9.78. The van der Waals surface area contributed by atoms with Crippen LogP contribution >= 0.6 is 0 Å². The highest BCUT2D eigenvalue weighted by Crippen LogP contribution is 2.06. The molecule has 0 saturated carbocycles. The third-order valence-corrected chi connectivity index (χ3v) is 2.08. The first-order valence-electron chi connectivity index (χ1n) is 3.35. The predicted molar refractivity (Wildman–Crippen MR) is 49.3 cm³/mol. The van der Waals surface area contributed by atoms with Crippen LogP contribution in [-0.2, 0) is 10.1 Å². The van der Waals surface area contributed by atoms with Gasteiger partial charge in [-0.05, 0) is 19.9 Å². The van der Waals surface area contributed by atoms with Gasteiger partial charge in [0.05, 0.1) is 4.91 Å². The lowest BCUT2D eigenvalue weighted by atomic mass is 10.3. The highest BCUT2D eigenvalue weighted by atomic mass is 32.2. The zero-order valence-corrected chi connectivity index (χ0v) is 7.93. The Kier molecular flexibility index (Phi) is 3.92. The molecule has 0 spiro atoms. The van der Waals surface area contributed by atoms with Gasteiger partial charge in [0.1, 0.15) is 0 Å². The molecule has 0 aromatic heterocycles. The molecular formula is C8H12O3S. The van der Waals surface area contributed by atoms with E-state index in [9.17, 15) is 8.42 Å². The highest BCUT2D eigenvalue weighted by Gasteiger charge is 2.07. The molecule has 0 bridgehead atoms. The van der Waals surface area contributed by atoms with Crippen LogP contribution in [0.3, 0.4) is 0 Å². The van der Waals surface area contributed by atoms with Crippen LogP contribution in [0.5, 0.6) is 0 Å². The summed E-state index contributed by atoms with van der Waals surface area (Å²) in [5.41, 5.74) is 0.720. The maximum atomic E-state index is 10.6. The monoisotopic (exact) mass is 188 g/mol. The van der Waals surface area contributed by atoms with Gasteiger partial charge in [-0.1, -0.05) is 24.3 Å². The van der Waals surface area contributed by atoms with Crippen LogP contribution in [0.1, 0.15) is 13.8 Å². The maximum Gasteiger partial charge on any atom is 0.294 e. The standard InChI is InChI=1S/C8H12O3S/c1-4-8(12(9,10)11)6-5-7(2)3/h4-6H,2H2,1,3H3,(H,9,10,11). The zero-order valence-electron chi connectivity index (χ0n) is 7.11. The molecule has 0 aromatic carbocycles. The van der Waals surface area contributed by atoms with Crippen molar-refractivity contribution in [2.75, 3.05) is 0 Å². The van der Waals surface area contributed by atoms with Gasteiger partial charge in [0.15, 0.2) is 0 Å². The van der Waals surface area contributed by atoms with Crippen molar-refractivity contribution in [1.29, 1.82) is 0 Å². The normalized spacial score (nSPS) is 13.8. The predicted octanol–water partition coefficient (Wildman–Crippen LogP) is 1.91. The van der Waals surface area contributed by atoms with Crippen molar-refractivity contribution in [2.24, 2.45) is 0 Å². The van der Waals surface area contributed by atoms with E-state index in [1.165, 1.54) is 25.2 Å². The molecular weight excluding hydrogens is 176 g/mol. The molecule has 0 rings (SSSR count). The summed E-state index contributed by atoms with van der Waals surface area (Å²) in [6.07, 6.45) is 4.13. The average molecular weight is 188 g/mol. The van der Waals surface area contributed by atoms with Gasteiger partial charge in [0.2, 0.25) is 0 Å². The van der Waals surface area contributed by atoms with Crippen LogP contribution in [0, 0.1) is 0 Å². The highest BCUT2D eigenvalue weighted by molar-refractivity contribution is 7.90. The molecule has 0 amide bonds. The SMILES string of the molecule is C=C(C)C=CC(=CC)S(=O)(=O)O. The number of allylic oxidation sites excluding steroid dienone is 4. The molecule has 68 valence electrons. The van der Waals surface area contributed by atoms with E-state index in [1.807, 2.05) is 0 Å². The smallest absolute Gasteiger partial charge is 0.282 e. The van der Waals surface area contributed by atoms with Crippen LogP contribution in [0.4, 0.5) is 0 Å². The third kappa shape index (κ3) is 4.10. The quantitative estimate of drug-likeness (QED) is 0.543. The second-order valence-electron chi connectivity index (χ2n) is 2.35. The van der Waals surface area contributed by atoms with E-state index in [4.69, 9.17) is 4.55 Å². The molecule has 3 nitrogen and oxygen atoms in total. The van der Waals surface area contributed by atoms with Gasteiger partial charge in [0.25, 0.3) is 10.1 Å². The minimum atomic E-state index is -4.08. The maximum absolute atomic E-state index is 10.6. The van der Waals surface area contributed by atoms with Crippen LogP contribution < -0.4 is 0 Å². The van der Waals surface area contributed by atoms with E-state index in [-0.39, 0.29) is 4.91 Å². The third-order valence-electron chi connectivity index (χ3n) is 1.11. The Labute approximate surface area is 72.9 Å². The summed E-state index contributed by atoms with van der Waals surface area (Å²) in [5, 5.41) is 0. The number of hydrogen-bond acceptors (Lipinski definition) is 2. The lowest BCUT2D eigenvalue weighted by Crippen LogP contribution is -1.98. The van der Waals surface area contributed by atoms with Gasteiger partial charge < -0.3 is 0 Å². The van der Waals surface area contributed by atoms with Crippen LogP contribution in [-0.4, -0.2) is 13.0 Å². The largest absolute Gasteiger partial charge is 0.294 e. The Morgan fingerprint density at radius 2 is 1.92 bits per heavy atom. The molecule has 1 N–H and O–H groups in total. The van der Waals surface area contributed by atoms with Crippen molar-refractivity contribution in [2.45, 2.75) is 13.8 Å². The van der Waals surface area contributed by atoms with E-state index >= 15 is 0 Å². The summed E-state index contributed by atoms with van der Waals surface area (Å²) in [6.45, 7) is 6.82. The summed E-state index contributed by atoms with van der Waals surface area (Å²) in [5.74, 6) is 0. The summed E-state index contributed by atoms with van der Waals surface area (Å²) in [6, 6.07) is 0. The van der Waals surface area contributed by atoms with Gasteiger partial charge >= 0.3 is 0 Å². The van der Waals surface area contributed by atoms with Gasteiger partial charge in [0, 0.05) is 0 Å². The average Bonchev–Trinajstić information content (AvgIpc) is 1.85. The molecule has 0 saturated heterocycles. The summed E-state index contributed by atoms with van der Waals surface area (Å²) in [4.78, 5) is -0.120. The topological polar surface area (TPSA) is 54.4 Å². The first kappa shape index (κ1) is 11.1. The first-order chi connectivity index (χ1) is 5.38. The van der Waals surface area contributed by atoms with E-state index in [0.717, 1.165) is 5.57 Å². The summed E-state index contributed by atoms with van der Waals surface area (Å²) in [7, 11) is -4.08. The van der Waals surface area contributed by atoms with Gasteiger partial charge in [-0.2, -0.15) is 8.42 Å². The van der Waals surface area contributed by atoms with Crippen molar-refractivity contribution < 1.29 is 13.0 Å². The van der Waals surface area contributed by atoms with E-state index in [2.05, 4.69) is 6.58 Å². The van der Waals surface area contributed by atoms with E-state index in [1.54, 1.807) is 6.92 Å². The summed E-state index contributed by atoms with van der Waals surface area (Å²) < 4.78 is 29.8. The van der Waals surface area contributed by atoms with Gasteiger partial charge in [-0.3, -0.25) is 4.55 Å². The van der Waals surface area contributed by atoms with Crippen molar-refractivity contribution in [3.05, 3.63) is 35.3 Å². The molecule has 0 heterocycles. The Bertz CT molecular complexity index is 320. The molecule has 0 aliphatic carbocycles. The van der Waals surface area contributed by atoms with Crippen molar-refractivity contribution in [3.8, 4) is 0 Å². The fourth-order valence-corrected chi connectivity index (χ4v) is 1.09. The second-order valence-corrected chi connectivity index (χ2v) is 3.77. The fraction of sp³-hybridized carbons (Fsp3) is 0.250. The molecule has 0 atom stereocenters. The fourth-order valence-electron chi connectivity index (χ4n) is 0.556. The van der Waals surface area contributed by atoms with Crippen LogP contribution in [0.15, 0.2) is 35.3 Å². The van der Waals surface area contributed by atoms with Crippen molar-refractivity contribution in [3.63, 3.8) is 0 Å². The van der Waals surface area contributed by atoms with Crippen molar-refractivity contribution in [1.82, 2.24) is 0 Å². The Balaban J connectivity index is 4.77. The second kappa shape index (κ2) is 4.23. The molecule has 0 unspecified atom stereocenters. The van der Waals surface area contributed by atoms with Crippen LogP contribution in [0.25, 0.3) is 0 Å².